The molecule has 1 rings (SSSR count). The van der Waals surface area contributed by atoms with Crippen molar-refractivity contribution in [2.24, 2.45) is 5.92 Å². The van der Waals surface area contributed by atoms with Crippen LogP contribution in [0.5, 0.6) is 0 Å². The number of hydrogen-bond acceptors (Lipinski definition) is 2. The second-order valence-electron chi connectivity index (χ2n) is 4.03. The van der Waals surface area contributed by atoms with Crippen molar-refractivity contribution in [3.63, 3.8) is 0 Å². The van der Waals surface area contributed by atoms with Crippen molar-refractivity contribution < 1.29 is 4.74 Å². The molecule has 1 fully saturated rings. The quantitative estimate of drug-likeness (QED) is 0.709. The molecule has 2 nitrogen and oxygen atoms in total. The molecule has 13 heavy (non-hydrogen) atoms. The van der Waals surface area contributed by atoms with Crippen molar-refractivity contribution in [1.82, 2.24) is 4.90 Å². The summed E-state index contributed by atoms with van der Waals surface area (Å²) in [6.07, 6.45) is 1.32. The third kappa shape index (κ3) is 2.67. The van der Waals surface area contributed by atoms with Crippen LogP contribution in [-0.4, -0.2) is 42.6 Å². The Balaban J connectivity index is 2.48. The van der Waals surface area contributed by atoms with E-state index in [1.165, 1.54) is 13.0 Å². The van der Waals surface area contributed by atoms with Crippen LogP contribution in [0, 0.1) is 5.92 Å². The average Bonchev–Trinajstić information content (AvgIpc) is 2.47. The molecule has 3 atom stereocenters. The summed E-state index contributed by atoms with van der Waals surface area (Å²) in [6, 6.07) is 1.25. The van der Waals surface area contributed by atoms with Gasteiger partial charge in [0.2, 0.25) is 0 Å². The minimum atomic E-state index is 0.553. The number of methoxy groups -OCH3 is 1. The maximum Gasteiger partial charge on any atom is 0.0615 e. The van der Waals surface area contributed by atoms with E-state index in [1.54, 1.807) is 7.11 Å². The number of hydrogen-bond donors (Lipinski definition) is 0. The second-order valence-corrected chi connectivity index (χ2v) is 4.68. The van der Waals surface area contributed by atoms with E-state index >= 15 is 0 Å². The van der Waals surface area contributed by atoms with Crippen molar-refractivity contribution in [3.05, 3.63) is 0 Å². The van der Waals surface area contributed by atoms with Gasteiger partial charge < -0.3 is 4.74 Å². The van der Waals surface area contributed by atoms with Crippen LogP contribution in [0.25, 0.3) is 0 Å². The van der Waals surface area contributed by atoms with Crippen molar-refractivity contribution in [3.8, 4) is 0 Å². The van der Waals surface area contributed by atoms with Gasteiger partial charge in [-0.25, -0.2) is 0 Å². The molecular weight excluding hydrogens is 230 g/mol. The maximum atomic E-state index is 5.19. The van der Waals surface area contributed by atoms with Crippen LogP contribution < -0.4 is 0 Å². The lowest BCUT2D eigenvalue weighted by molar-refractivity contribution is 0.0922. The first kappa shape index (κ1) is 11.5. The molecule has 1 saturated heterocycles. The maximum absolute atomic E-state index is 5.19. The van der Waals surface area contributed by atoms with Gasteiger partial charge in [0, 0.05) is 24.5 Å². The highest BCUT2D eigenvalue weighted by Crippen LogP contribution is 2.27. The Morgan fingerprint density at radius 2 is 2.31 bits per heavy atom. The van der Waals surface area contributed by atoms with E-state index in [0.717, 1.165) is 17.9 Å². The molecule has 0 saturated carbocycles. The second kappa shape index (κ2) is 5.32. The molecule has 3 heteroatoms. The Hall–Kier alpha value is 0.400. The van der Waals surface area contributed by atoms with Crippen LogP contribution in [0.3, 0.4) is 0 Å². The SMILES string of the molecule is COCC(C)N1CCC(C)C1CBr. The fraction of sp³-hybridized carbons (Fsp3) is 1.00. The molecule has 0 aromatic heterocycles. The average molecular weight is 250 g/mol. The molecule has 0 aliphatic carbocycles. The van der Waals surface area contributed by atoms with Gasteiger partial charge in [-0.3, -0.25) is 4.90 Å². The van der Waals surface area contributed by atoms with Gasteiger partial charge in [-0.05, 0) is 25.8 Å². The zero-order valence-corrected chi connectivity index (χ0v) is 10.4. The highest BCUT2D eigenvalue weighted by atomic mass is 79.9. The summed E-state index contributed by atoms with van der Waals surface area (Å²) >= 11 is 3.59. The van der Waals surface area contributed by atoms with E-state index in [2.05, 4.69) is 34.7 Å². The molecule has 0 amide bonds. The molecule has 0 aromatic carbocycles. The monoisotopic (exact) mass is 249 g/mol. The summed E-state index contributed by atoms with van der Waals surface area (Å²) < 4.78 is 5.19. The van der Waals surface area contributed by atoms with Crippen molar-refractivity contribution in [1.29, 1.82) is 0 Å². The molecule has 0 radical (unpaired) electrons. The lowest BCUT2D eigenvalue weighted by Gasteiger charge is -2.30. The minimum Gasteiger partial charge on any atom is -0.383 e. The molecule has 0 aromatic rings. The zero-order chi connectivity index (χ0) is 9.84. The Bertz CT molecular complexity index is 154. The first-order valence-electron chi connectivity index (χ1n) is 5.01. The summed E-state index contributed by atoms with van der Waals surface area (Å²) in [5, 5.41) is 1.09. The fourth-order valence-corrected chi connectivity index (χ4v) is 3.17. The topological polar surface area (TPSA) is 12.5 Å². The fourth-order valence-electron chi connectivity index (χ4n) is 2.16. The van der Waals surface area contributed by atoms with Gasteiger partial charge in [0.15, 0.2) is 0 Å². The van der Waals surface area contributed by atoms with Crippen molar-refractivity contribution in [2.75, 3.05) is 25.6 Å². The molecule has 78 valence electrons. The third-order valence-corrected chi connectivity index (χ3v) is 3.72. The number of likely N-dealkylation sites (tertiary alicyclic amines) is 1. The van der Waals surface area contributed by atoms with Crippen LogP contribution in [0.4, 0.5) is 0 Å². The van der Waals surface area contributed by atoms with Crippen LogP contribution in [0.1, 0.15) is 20.3 Å². The van der Waals surface area contributed by atoms with Crippen molar-refractivity contribution >= 4 is 15.9 Å². The first-order chi connectivity index (χ1) is 6.20. The highest BCUT2D eigenvalue weighted by molar-refractivity contribution is 9.09. The molecule has 1 aliphatic rings. The van der Waals surface area contributed by atoms with Gasteiger partial charge in [-0.15, -0.1) is 0 Å². The van der Waals surface area contributed by atoms with Gasteiger partial charge in [0.05, 0.1) is 6.61 Å². The summed E-state index contributed by atoms with van der Waals surface area (Å²) in [5.41, 5.74) is 0. The number of halogens is 1. The summed E-state index contributed by atoms with van der Waals surface area (Å²) in [5.74, 6) is 0.818. The zero-order valence-electron chi connectivity index (χ0n) is 8.79. The molecule has 1 heterocycles. The van der Waals surface area contributed by atoms with Gasteiger partial charge in [0.25, 0.3) is 0 Å². The number of nitrogens with zero attached hydrogens (tertiary/aromatic N) is 1. The van der Waals surface area contributed by atoms with Crippen LogP contribution in [0.2, 0.25) is 0 Å². The standard InChI is InChI=1S/C10H20BrNO/c1-8-4-5-12(10(8)6-11)9(2)7-13-3/h8-10H,4-7H2,1-3H3. The summed E-state index contributed by atoms with van der Waals surface area (Å²) in [7, 11) is 1.78. The Labute approximate surface area is 89.8 Å². The van der Waals surface area contributed by atoms with Crippen molar-refractivity contribution in [2.45, 2.75) is 32.4 Å². The third-order valence-electron chi connectivity index (χ3n) is 3.06. The number of rotatable bonds is 4. The molecule has 3 unspecified atom stereocenters. The number of ether oxygens (including phenoxy) is 1. The van der Waals surface area contributed by atoms with E-state index < -0.39 is 0 Å². The van der Waals surface area contributed by atoms with Gasteiger partial charge in [0.1, 0.15) is 0 Å². The smallest absolute Gasteiger partial charge is 0.0615 e. The van der Waals surface area contributed by atoms with Crippen LogP contribution in [-0.2, 0) is 4.74 Å². The van der Waals surface area contributed by atoms with E-state index in [0.29, 0.717) is 12.1 Å². The predicted molar refractivity (Wildman–Crippen MR) is 59.4 cm³/mol. The summed E-state index contributed by atoms with van der Waals surface area (Å²) in [6.45, 7) is 6.65. The Kier molecular flexibility index (Phi) is 4.70. The highest BCUT2D eigenvalue weighted by Gasteiger charge is 2.32. The van der Waals surface area contributed by atoms with E-state index in [1.807, 2.05) is 0 Å². The van der Waals surface area contributed by atoms with E-state index in [9.17, 15) is 0 Å². The molecular formula is C10H20BrNO. The lowest BCUT2D eigenvalue weighted by Crippen LogP contribution is -2.42. The number of alkyl halides is 1. The van der Waals surface area contributed by atoms with E-state index in [4.69, 9.17) is 4.74 Å². The molecule has 0 spiro atoms. The molecule has 1 aliphatic heterocycles. The van der Waals surface area contributed by atoms with Gasteiger partial charge >= 0.3 is 0 Å². The largest absolute Gasteiger partial charge is 0.383 e. The molecule has 0 bridgehead atoms. The predicted octanol–water partition coefficient (Wildman–Crippen LogP) is 2.13. The van der Waals surface area contributed by atoms with Gasteiger partial charge in [-0.1, -0.05) is 22.9 Å². The van der Waals surface area contributed by atoms with E-state index in [-0.39, 0.29) is 0 Å². The minimum absolute atomic E-state index is 0.553. The lowest BCUT2D eigenvalue weighted by atomic mass is 10.0. The Morgan fingerprint density at radius 1 is 1.62 bits per heavy atom. The normalized spacial score (nSPS) is 32.3. The Morgan fingerprint density at radius 3 is 2.85 bits per heavy atom. The first-order valence-corrected chi connectivity index (χ1v) is 6.13. The summed E-state index contributed by atoms with van der Waals surface area (Å²) in [4.78, 5) is 2.56. The van der Waals surface area contributed by atoms with Gasteiger partial charge in [-0.2, -0.15) is 0 Å². The van der Waals surface area contributed by atoms with Crippen LogP contribution in [0.15, 0.2) is 0 Å². The molecule has 0 N–H and O–H groups in total. The van der Waals surface area contributed by atoms with Crippen LogP contribution >= 0.6 is 15.9 Å².